The Hall–Kier alpha value is -3.41. The molecule has 3 aromatic carbocycles. The number of carbonyl (C=O) groups is 1. The van der Waals surface area contributed by atoms with Gasteiger partial charge < -0.3 is 9.64 Å². The Labute approximate surface area is 217 Å². The predicted octanol–water partition coefficient (Wildman–Crippen LogP) is 2.48. The van der Waals surface area contributed by atoms with Gasteiger partial charge in [-0.3, -0.25) is 9.10 Å². The van der Waals surface area contributed by atoms with Crippen LogP contribution in [-0.4, -0.2) is 70.8 Å². The van der Waals surface area contributed by atoms with Crippen molar-refractivity contribution in [3.05, 3.63) is 84.4 Å². The lowest BCUT2D eigenvalue weighted by Crippen LogP contribution is -2.56. The number of sulfonamides is 2. The third-order valence-corrected chi connectivity index (χ3v) is 10.3. The van der Waals surface area contributed by atoms with Crippen molar-refractivity contribution in [2.45, 2.75) is 22.8 Å². The van der Waals surface area contributed by atoms with Crippen molar-refractivity contribution in [3.8, 4) is 5.75 Å². The van der Waals surface area contributed by atoms with Crippen LogP contribution in [0.4, 0.5) is 5.69 Å². The van der Waals surface area contributed by atoms with Crippen molar-refractivity contribution < 1.29 is 26.4 Å². The fourth-order valence-electron chi connectivity index (χ4n) is 4.49. The van der Waals surface area contributed by atoms with E-state index in [2.05, 4.69) is 0 Å². The van der Waals surface area contributed by atoms with Gasteiger partial charge in [0.25, 0.3) is 15.9 Å². The smallest absolute Gasteiger partial charge is 0.265 e. The van der Waals surface area contributed by atoms with Gasteiger partial charge >= 0.3 is 0 Å². The van der Waals surface area contributed by atoms with E-state index in [-0.39, 0.29) is 48.4 Å². The first-order valence-corrected chi connectivity index (χ1v) is 14.7. The summed E-state index contributed by atoms with van der Waals surface area (Å²) in [6.07, 6.45) is -1.06. The van der Waals surface area contributed by atoms with Crippen molar-refractivity contribution >= 4 is 31.6 Å². The zero-order valence-corrected chi connectivity index (χ0v) is 21.9. The van der Waals surface area contributed by atoms with Crippen LogP contribution in [0, 0.1) is 6.92 Å². The summed E-state index contributed by atoms with van der Waals surface area (Å²) in [5.74, 6) is -0.0812. The van der Waals surface area contributed by atoms with Crippen LogP contribution < -0.4 is 9.04 Å². The molecule has 0 aliphatic carbocycles. The first-order valence-electron chi connectivity index (χ1n) is 11.9. The molecule has 0 N–H and O–H groups in total. The van der Waals surface area contributed by atoms with Crippen LogP contribution in [0.3, 0.4) is 0 Å². The Morgan fingerprint density at radius 2 is 1.35 bits per heavy atom. The Morgan fingerprint density at radius 3 is 2.03 bits per heavy atom. The maximum atomic E-state index is 13.5. The minimum absolute atomic E-state index is 0.118. The number of carbonyl (C=O) groups excluding carboxylic acids is 1. The number of ether oxygens (including phenoxy) is 1. The van der Waals surface area contributed by atoms with Gasteiger partial charge in [-0.1, -0.05) is 48.0 Å². The Kier molecular flexibility index (Phi) is 6.69. The van der Waals surface area contributed by atoms with Gasteiger partial charge in [-0.25, -0.2) is 16.8 Å². The molecule has 3 aromatic rings. The van der Waals surface area contributed by atoms with E-state index in [1.165, 1.54) is 25.6 Å². The summed E-state index contributed by atoms with van der Waals surface area (Å²) in [6, 6.07) is 21.4. The highest BCUT2D eigenvalue weighted by Gasteiger charge is 2.40. The average Bonchev–Trinajstić information content (AvgIpc) is 2.92. The summed E-state index contributed by atoms with van der Waals surface area (Å²) in [5.41, 5.74) is 1.33. The monoisotopic (exact) mass is 541 g/mol. The van der Waals surface area contributed by atoms with E-state index in [1.54, 1.807) is 66.7 Å². The van der Waals surface area contributed by atoms with Gasteiger partial charge in [0.15, 0.2) is 6.10 Å². The lowest BCUT2D eigenvalue weighted by atomic mass is 10.2. The molecule has 1 unspecified atom stereocenters. The molecule has 1 atom stereocenters. The van der Waals surface area contributed by atoms with Crippen LogP contribution in [-0.2, 0) is 24.8 Å². The fourth-order valence-corrected chi connectivity index (χ4v) is 7.41. The van der Waals surface area contributed by atoms with Gasteiger partial charge in [0.2, 0.25) is 10.0 Å². The van der Waals surface area contributed by atoms with Gasteiger partial charge in [-0.15, -0.1) is 0 Å². The number of benzene rings is 3. The number of nitrogens with zero attached hydrogens (tertiary/aromatic N) is 3. The zero-order chi connectivity index (χ0) is 26.2. The number of fused-ring (bicyclic) bond motifs is 1. The van der Waals surface area contributed by atoms with E-state index in [1.807, 2.05) is 6.92 Å². The van der Waals surface area contributed by atoms with E-state index < -0.39 is 26.2 Å². The van der Waals surface area contributed by atoms with E-state index in [4.69, 9.17) is 4.74 Å². The summed E-state index contributed by atoms with van der Waals surface area (Å²) in [7, 11) is -7.61. The topological polar surface area (TPSA) is 104 Å². The number of aryl methyl sites for hydroxylation is 1. The molecule has 2 aliphatic heterocycles. The van der Waals surface area contributed by atoms with E-state index in [9.17, 15) is 21.6 Å². The molecular formula is C26H27N3O6S2. The van der Waals surface area contributed by atoms with E-state index in [0.717, 1.165) is 5.56 Å². The Morgan fingerprint density at radius 1 is 0.757 bits per heavy atom. The summed E-state index contributed by atoms with van der Waals surface area (Å²) in [5, 5.41) is 0. The number of piperazine rings is 1. The van der Waals surface area contributed by atoms with Crippen LogP contribution in [0.5, 0.6) is 5.75 Å². The van der Waals surface area contributed by atoms with E-state index in [0.29, 0.717) is 11.4 Å². The van der Waals surface area contributed by atoms with Crippen molar-refractivity contribution in [3.63, 3.8) is 0 Å². The third-order valence-electron chi connectivity index (χ3n) is 6.55. The van der Waals surface area contributed by atoms with Crippen LogP contribution in [0.1, 0.15) is 5.56 Å². The van der Waals surface area contributed by atoms with Crippen molar-refractivity contribution in [2.75, 3.05) is 37.0 Å². The molecule has 1 amide bonds. The second-order valence-electron chi connectivity index (χ2n) is 8.97. The SMILES string of the molecule is Cc1ccc(S(=O)(=O)N2CCN(C(=O)C3CN(S(=O)(=O)c4ccccc4)c4ccccc4O3)CC2)cc1. The highest BCUT2D eigenvalue weighted by molar-refractivity contribution is 7.92. The summed E-state index contributed by atoms with van der Waals surface area (Å²) in [6.45, 7) is 2.33. The molecule has 5 rings (SSSR count). The number of rotatable bonds is 5. The molecule has 0 spiro atoms. The summed E-state index contributed by atoms with van der Waals surface area (Å²) in [4.78, 5) is 15.3. The highest BCUT2D eigenvalue weighted by Crippen LogP contribution is 2.37. The van der Waals surface area contributed by atoms with Crippen molar-refractivity contribution in [1.29, 1.82) is 0 Å². The molecule has 2 aliphatic rings. The second kappa shape index (κ2) is 9.81. The molecule has 2 heterocycles. The molecule has 1 saturated heterocycles. The Balaban J connectivity index is 1.33. The largest absolute Gasteiger partial charge is 0.476 e. The quantitative estimate of drug-likeness (QED) is 0.492. The molecule has 0 radical (unpaired) electrons. The van der Waals surface area contributed by atoms with Gasteiger partial charge in [0.05, 0.1) is 22.0 Å². The molecule has 194 valence electrons. The predicted molar refractivity (Wildman–Crippen MR) is 138 cm³/mol. The normalized spacial score (nSPS) is 18.7. The summed E-state index contributed by atoms with van der Waals surface area (Å²) < 4.78 is 61.5. The maximum absolute atomic E-state index is 13.5. The number of hydrogen-bond acceptors (Lipinski definition) is 6. The van der Waals surface area contributed by atoms with Gasteiger partial charge in [-0.2, -0.15) is 4.31 Å². The Bertz CT molecular complexity index is 1500. The lowest BCUT2D eigenvalue weighted by molar-refractivity contribution is -0.139. The molecular weight excluding hydrogens is 514 g/mol. The number of para-hydroxylation sites is 2. The van der Waals surface area contributed by atoms with Gasteiger partial charge in [0.1, 0.15) is 5.75 Å². The van der Waals surface area contributed by atoms with Crippen molar-refractivity contribution in [2.24, 2.45) is 0 Å². The maximum Gasteiger partial charge on any atom is 0.265 e. The number of amides is 1. The summed E-state index contributed by atoms with van der Waals surface area (Å²) >= 11 is 0. The molecule has 0 aromatic heterocycles. The van der Waals surface area contributed by atoms with Crippen LogP contribution in [0.25, 0.3) is 0 Å². The van der Waals surface area contributed by atoms with Gasteiger partial charge in [0, 0.05) is 26.2 Å². The zero-order valence-electron chi connectivity index (χ0n) is 20.2. The third kappa shape index (κ3) is 4.81. The standard InChI is InChI=1S/C26H27N3O6S2/c1-20-11-13-22(14-12-20)36(31,32)28-17-15-27(16-18-28)26(30)25-19-29(23-9-5-6-10-24(23)35-25)37(33,34)21-7-3-2-4-8-21/h2-14,25H,15-19H2,1H3. The second-order valence-corrected chi connectivity index (χ2v) is 12.8. The molecule has 37 heavy (non-hydrogen) atoms. The van der Waals surface area contributed by atoms with Gasteiger partial charge in [-0.05, 0) is 43.3 Å². The first kappa shape index (κ1) is 25.2. The lowest BCUT2D eigenvalue weighted by Gasteiger charge is -2.39. The molecule has 9 nitrogen and oxygen atoms in total. The minimum Gasteiger partial charge on any atom is -0.476 e. The molecule has 1 fully saturated rings. The highest BCUT2D eigenvalue weighted by atomic mass is 32.2. The van der Waals surface area contributed by atoms with Crippen LogP contribution in [0.15, 0.2) is 88.7 Å². The fraction of sp³-hybridized carbons (Fsp3) is 0.269. The average molecular weight is 542 g/mol. The molecule has 11 heteroatoms. The number of hydrogen-bond donors (Lipinski definition) is 0. The minimum atomic E-state index is -3.94. The van der Waals surface area contributed by atoms with Crippen LogP contribution in [0.2, 0.25) is 0 Å². The van der Waals surface area contributed by atoms with Crippen molar-refractivity contribution in [1.82, 2.24) is 9.21 Å². The molecule has 0 saturated carbocycles. The van der Waals surface area contributed by atoms with E-state index >= 15 is 0 Å². The van der Waals surface area contributed by atoms with Crippen LogP contribution >= 0.6 is 0 Å². The molecule has 0 bridgehead atoms. The number of anilines is 1. The first-order chi connectivity index (χ1) is 17.7.